The molecular formula is C8H16N2. The average Bonchev–Trinajstić information content (AvgIpc) is 1.97. The molecule has 0 saturated carbocycles. The van der Waals surface area contributed by atoms with Crippen LogP contribution in [0, 0.1) is 0 Å². The Balaban J connectivity index is 3.32. The summed E-state index contributed by atoms with van der Waals surface area (Å²) in [6, 6.07) is 0. The van der Waals surface area contributed by atoms with Gasteiger partial charge in [0.1, 0.15) is 0 Å². The summed E-state index contributed by atoms with van der Waals surface area (Å²) >= 11 is 0. The van der Waals surface area contributed by atoms with Crippen molar-refractivity contribution in [3.05, 3.63) is 12.8 Å². The van der Waals surface area contributed by atoms with Crippen LogP contribution in [0.25, 0.3) is 0 Å². The molecule has 0 heterocycles. The first-order valence-electron chi connectivity index (χ1n) is 3.65. The van der Waals surface area contributed by atoms with Crippen molar-refractivity contribution in [3.8, 4) is 0 Å². The van der Waals surface area contributed by atoms with E-state index in [1.807, 2.05) is 7.05 Å². The normalized spacial score (nSPS) is 10.2. The standard InChI is InChI=1S/C8H16N2/c1-4-6-7-10(3)8-9-5-2/h5,8H,2,4,6-7H2,1,3H3. The van der Waals surface area contributed by atoms with E-state index in [1.165, 1.54) is 12.8 Å². The van der Waals surface area contributed by atoms with Crippen LogP contribution < -0.4 is 0 Å². The number of hydrogen-bond acceptors (Lipinski definition) is 1. The fourth-order valence-electron chi connectivity index (χ4n) is 0.626. The molecule has 0 aromatic carbocycles. The van der Waals surface area contributed by atoms with Crippen LogP contribution >= 0.6 is 0 Å². The molecule has 0 fully saturated rings. The summed E-state index contributed by atoms with van der Waals surface area (Å²) < 4.78 is 0. The lowest BCUT2D eigenvalue weighted by Crippen LogP contribution is -2.16. The van der Waals surface area contributed by atoms with Crippen LogP contribution in [0.1, 0.15) is 19.8 Å². The van der Waals surface area contributed by atoms with Crippen molar-refractivity contribution in [1.82, 2.24) is 4.90 Å². The van der Waals surface area contributed by atoms with Crippen molar-refractivity contribution in [2.75, 3.05) is 13.6 Å². The second-order valence-corrected chi connectivity index (χ2v) is 2.28. The molecule has 10 heavy (non-hydrogen) atoms. The van der Waals surface area contributed by atoms with E-state index in [1.54, 1.807) is 12.5 Å². The molecule has 0 bridgehead atoms. The largest absolute Gasteiger partial charge is 0.366 e. The van der Waals surface area contributed by atoms with E-state index in [4.69, 9.17) is 0 Å². The number of nitrogens with zero attached hydrogens (tertiary/aromatic N) is 2. The van der Waals surface area contributed by atoms with Gasteiger partial charge in [-0.2, -0.15) is 0 Å². The Morgan fingerprint density at radius 2 is 2.30 bits per heavy atom. The Labute approximate surface area is 63.3 Å². The summed E-state index contributed by atoms with van der Waals surface area (Å²) in [7, 11) is 2.02. The monoisotopic (exact) mass is 140 g/mol. The third-order valence-corrected chi connectivity index (χ3v) is 1.23. The zero-order chi connectivity index (χ0) is 7.82. The molecule has 0 atom stereocenters. The molecule has 0 unspecified atom stereocenters. The van der Waals surface area contributed by atoms with E-state index in [2.05, 4.69) is 23.4 Å². The fraction of sp³-hybridized carbons (Fsp3) is 0.625. The maximum absolute atomic E-state index is 3.89. The predicted octanol–water partition coefficient (Wildman–Crippen LogP) is 1.89. The minimum atomic E-state index is 1.08. The van der Waals surface area contributed by atoms with Crippen molar-refractivity contribution in [3.63, 3.8) is 0 Å². The number of aliphatic imine (C=N–C) groups is 1. The summed E-state index contributed by atoms with van der Waals surface area (Å²) in [6.07, 6.45) is 5.79. The van der Waals surface area contributed by atoms with Gasteiger partial charge in [0.05, 0.1) is 6.34 Å². The van der Waals surface area contributed by atoms with Crippen molar-refractivity contribution >= 4 is 6.34 Å². The highest BCUT2D eigenvalue weighted by Crippen LogP contribution is 1.88. The van der Waals surface area contributed by atoms with Gasteiger partial charge in [-0.3, -0.25) is 0 Å². The van der Waals surface area contributed by atoms with Crippen LogP contribution in [0.5, 0.6) is 0 Å². The van der Waals surface area contributed by atoms with E-state index in [0.29, 0.717) is 0 Å². The first kappa shape index (κ1) is 9.21. The Hall–Kier alpha value is -0.790. The molecule has 2 heteroatoms. The molecule has 58 valence electrons. The first-order valence-corrected chi connectivity index (χ1v) is 3.65. The van der Waals surface area contributed by atoms with Gasteiger partial charge in [-0.15, -0.1) is 0 Å². The number of unbranched alkanes of at least 4 members (excludes halogenated alkanes) is 1. The molecular weight excluding hydrogens is 124 g/mol. The highest BCUT2D eigenvalue weighted by molar-refractivity contribution is 5.55. The Bertz CT molecular complexity index is 108. The molecule has 0 spiro atoms. The second kappa shape index (κ2) is 6.33. The minimum Gasteiger partial charge on any atom is -0.366 e. The summed E-state index contributed by atoms with van der Waals surface area (Å²) in [6.45, 7) is 6.74. The van der Waals surface area contributed by atoms with Gasteiger partial charge in [0.25, 0.3) is 0 Å². The maximum Gasteiger partial charge on any atom is 0.0902 e. The second-order valence-electron chi connectivity index (χ2n) is 2.28. The third kappa shape index (κ3) is 5.35. The molecule has 0 aliphatic heterocycles. The van der Waals surface area contributed by atoms with Gasteiger partial charge < -0.3 is 4.90 Å². The molecule has 0 radical (unpaired) electrons. The Kier molecular flexibility index (Phi) is 5.83. The molecule has 0 rings (SSSR count). The van der Waals surface area contributed by atoms with E-state index >= 15 is 0 Å². The summed E-state index contributed by atoms with van der Waals surface area (Å²) in [5, 5.41) is 0. The van der Waals surface area contributed by atoms with Crippen LogP contribution in [0.2, 0.25) is 0 Å². The van der Waals surface area contributed by atoms with E-state index in [0.717, 1.165) is 6.54 Å². The smallest absolute Gasteiger partial charge is 0.0902 e. The van der Waals surface area contributed by atoms with Gasteiger partial charge in [-0.05, 0) is 6.42 Å². The highest BCUT2D eigenvalue weighted by atomic mass is 15.1. The van der Waals surface area contributed by atoms with Crippen molar-refractivity contribution in [2.24, 2.45) is 4.99 Å². The maximum atomic E-state index is 3.89. The van der Waals surface area contributed by atoms with Gasteiger partial charge in [-0.25, -0.2) is 4.99 Å². The lowest BCUT2D eigenvalue weighted by molar-refractivity contribution is 0.497. The SMILES string of the molecule is C=CN=CN(C)CCCC. The summed E-state index contributed by atoms with van der Waals surface area (Å²) in [4.78, 5) is 5.95. The molecule has 0 N–H and O–H groups in total. The van der Waals surface area contributed by atoms with Gasteiger partial charge in [0.2, 0.25) is 0 Å². The molecule has 0 saturated heterocycles. The third-order valence-electron chi connectivity index (χ3n) is 1.23. The van der Waals surface area contributed by atoms with Crippen LogP contribution in [-0.4, -0.2) is 24.8 Å². The average molecular weight is 140 g/mol. The molecule has 0 amide bonds. The highest BCUT2D eigenvalue weighted by Gasteiger charge is 1.87. The van der Waals surface area contributed by atoms with Crippen LogP contribution in [0.3, 0.4) is 0 Å². The zero-order valence-electron chi connectivity index (χ0n) is 6.88. The number of hydrogen-bond donors (Lipinski definition) is 0. The number of rotatable bonds is 5. The predicted molar refractivity (Wildman–Crippen MR) is 46.2 cm³/mol. The first-order chi connectivity index (χ1) is 4.81. The quantitative estimate of drug-likeness (QED) is 0.420. The van der Waals surface area contributed by atoms with Crippen LogP contribution in [-0.2, 0) is 0 Å². The van der Waals surface area contributed by atoms with Crippen molar-refractivity contribution < 1.29 is 0 Å². The molecule has 0 aliphatic carbocycles. The van der Waals surface area contributed by atoms with Gasteiger partial charge in [0.15, 0.2) is 0 Å². The topological polar surface area (TPSA) is 15.6 Å². The molecule has 0 aromatic rings. The molecule has 0 aromatic heterocycles. The Morgan fingerprint density at radius 1 is 1.60 bits per heavy atom. The zero-order valence-corrected chi connectivity index (χ0v) is 6.88. The lowest BCUT2D eigenvalue weighted by atomic mass is 10.3. The van der Waals surface area contributed by atoms with Crippen LogP contribution in [0.15, 0.2) is 17.8 Å². The van der Waals surface area contributed by atoms with E-state index in [-0.39, 0.29) is 0 Å². The lowest BCUT2D eigenvalue weighted by Gasteiger charge is -2.10. The van der Waals surface area contributed by atoms with Gasteiger partial charge in [-0.1, -0.05) is 19.9 Å². The Morgan fingerprint density at radius 3 is 2.80 bits per heavy atom. The van der Waals surface area contributed by atoms with Gasteiger partial charge >= 0.3 is 0 Å². The fourth-order valence-corrected chi connectivity index (χ4v) is 0.626. The minimum absolute atomic E-state index is 1.08. The van der Waals surface area contributed by atoms with Gasteiger partial charge in [0, 0.05) is 19.8 Å². The summed E-state index contributed by atoms with van der Waals surface area (Å²) in [5.74, 6) is 0. The van der Waals surface area contributed by atoms with E-state index < -0.39 is 0 Å². The summed E-state index contributed by atoms with van der Waals surface area (Å²) in [5.41, 5.74) is 0. The van der Waals surface area contributed by atoms with E-state index in [9.17, 15) is 0 Å². The van der Waals surface area contributed by atoms with Crippen LogP contribution in [0.4, 0.5) is 0 Å². The molecule has 2 nitrogen and oxygen atoms in total. The van der Waals surface area contributed by atoms with Crippen molar-refractivity contribution in [1.29, 1.82) is 0 Å². The van der Waals surface area contributed by atoms with Crippen molar-refractivity contribution in [2.45, 2.75) is 19.8 Å². The molecule has 0 aliphatic rings.